The number of benzene rings is 1. The lowest BCUT2D eigenvalue weighted by molar-refractivity contribution is -0.138. The summed E-state index contributed by atoms with van der Waals surface area (Å²) < 4.78 is 39.2. The third-order valence-corrected chi connectivity index (χ3v) is 3.06. The molecule has 0 heterocycles. The number of carboxylic acids is 1. The van der Waals surface area contributed by atoms with E-state index in [1.165, 1.54) is 4.90 Å². The molecule has 8 heteroatoms. The smallest absolute Gasteiger partial charge is 0.317 e. The Kier molecular flexibility index (Phi) is 4.46. The number of halogens is 3. The van der Waals surface area contributed by atoms with Crippen LogP contribution in [0.15, 0.2) is 12.1 Å². The molecule has 2 N–H and O–H groups in total. The fourth-order valence-corrected chi connectivity index (χ4v) is 1.92. The average Bonchev–Trinajstić information content (AvgIpc) is 3.22. The molecular formula is C13H13F3N2O3. The quantitative estimate of drug-likeness (QED) is 0.783. The van der Waals surface area contributed by atoms with Gasteiger partial charge in [-0.1, -0.05) is 0 Å². The van der Waals surface area contributed by atoms with E-state index in [4.69, 9.17) is 5.11 Å². The Bertz CT molecular complexity index is 576. The number of anilines is 1. The van der Waals surface area contributed by atoms with Gasteiger partial charge in [0.15, 0.2) is 17.5 Å². The van der Waals surface area contributed by atoms with Crippen molar-refractivity contribution >= 4 is 17.6 Å². The maximum Gasteiger partial charge on any atom is 0.317 e. The Morgan fingerprint density at radius 1 is 1.19 bits per heavy atom. The molecule has 5 nitrogen and oxygen atoms in total. The zero-order valence-electron chi connectivity index (χ0n) is 10.9. The van der Waals surface area contributed by atoms with Crippen LogP contribution in [0.4, 0.5) is 18.9 Å². The number of carbonyl (C=O) groups excluding carboxylic acids is 1. The van der Waals surface area contributed by atoms with Gasteiger partial charge in [-0.2, -0.15) is 0 Å². The Morgan fingerprint density at radius 3 is 2.43 bits per heavy atom. The lowest BCUT2D eigenvalue weighted by Gasteiger charge is -2.19. The Morgan fingerprint density at radius 2 is 1.86 bits per heavy atom. The van der Waals surface area contributed by atoms with Gasteiger partial charge in [-0.05, 0) is 25.0 Å². The molecule has 0 saturated heterocycles. The zero-order chi connectivity index (χ0) is 15.6. The molecule has 0 aromatic heterocycles. The summed E-state index contributed by atoms with van der Waals surface area (Å²) in [7, 11) is 0. The fraction of sp³-hybridized carbons (Fsp3) is 0.385. The second-order valence-corrected chi connectivity index (χ2v) is 4.80. The lowest BCUT2D eigenvalue weighted by atomic mass is 10.2. The van der Waals surface area contributed by atoms with Crippen LogP contribution in [0.2, 0.25) is 0 Å². The van der Waals surface area contributed by atoms with Gasteiger partial charge in [-0.25, -0.2) is 13.2 Å². The molecule has 1 fully saturated rings. The van der Waals surface area contributed by atoms with Gasteiger partial charge >= 0.3 is 5.97 Å². The van der Waals surface area contributed by atoms with Crippen LogP contribution < -0.4 is 5.32 Å². The van der Waals surface area contributed by atoms with Crippen LogP contribution in [0.25, 0.3) is 0 Å². The SMILES string of the molecule is O=C(O)CN(CC(=O)Nc1ccc(F)c(F)c1F)C1CC1. The maximum absolute atomic E-state index is 13.4. The van der Waals surface area contributed by atoms with Crippen LogP contribution >= 0.6 is 0 Å². The van der Waals surface area contributed by atoms with E-state index in [9.17, 15) is 22.8 Å². The predicted molar refractivity (Wildman–Crippen MR) is 67.2 cm³/mol. The van der Waals surface area contributed by atoms with E-state index in [0.717, 1.165) is 18.9 Å². The third kappa shape index (κ3) is 3.94. The molecule has 1 saturated carbocycles. The van der Waals surface area contributed by atoms with Crippen LogP contribution in [0.1, 0.15) is 12.8 Å². The Labute approximate surface area is 118 Å². The second kappa shape index (κ2) is 6.13. The highest BCUT2D eigenvalue weighted by Crippen LogP contribution is 2.26. The number of carboxylic acid groups (broad SMARTS) is 1. The number of aliphatic carboxylic acids is 1. The van der Waals surface area contributed by atoms with Crippen LogP contribution in [-0.2, 0) is 9.59 Å². The Balaban J connectivity index is 2.00. The van der Waals surface area contributed by atoms with E-state index in [1.807, 2.05) is 0 Å². The van der Waals surface area contributed by atoms with E-state index in [2.05, 4.69) is 5.32 Å². The first kappa shape index (κ1) is 15.3. The molecule has 1 aliphatic carbocycles. The molecule has 21 heavy (non-hydrogen) atoms. The highest BCUT2D eigenvalue weighted by atomic mass is 19.2. The molecule has 2 rings (SSSR count). The minimum atomic E-state index is -1.67. The van der Waals surface area contributed by atoms with Crippen LogP contribution in [0.5, 0.6) is 0 Å². The molecule has 0 unspecified atom stereocenters. The normalized spacial score (nSPS) is 14.3. The summed E-state index contributed by atoms with van der Waals surface area (Å²) in [6.45, 7) is -0.562. The van der Waals surface area contributed by atoms with Gasteiger partial charge < -0.3 is 10.4 Å². The van der Waals surface area contributed by atoms with Crippen LogP contribution in [0, 0.1) is 17.5 Å². The summed E-state index contributed by atoms with van der Waals surface area (Å²) >= 11 is 0. The van der Waals surface area contributed by atoms with Gasteiger partial charge in [0.2, 0.25) is 5.91 Å². The van der Waals surface area contributed by atoms with E-state index in [1.54, 1.807) is 0 Å². The number of hydrogen-bond acceptors (Lipinski definition) is 3. The first-order chi connectivity index (χ1) is 9.88. The molecule has 0 aliphatic heterocycles. The number of rotatable bonds is 6. The molecular weight excluding hydrogens is 289 g/mol. The number of carbonyl (C=O) groups is 2. The summed E-state index contributed by atoms with van der Waals surface area (Å²) in [5.74, 6) is -6.27. The van der Waals surface area contributed by atoms with E-state index < -0.39 is 35.0 Å². The molecule has 1 aliphatic rings. The van der Waals surface area contributed by atoms with Gasteiger partial charge in [0.25, 0.3) is 0 Å². The summed E-state index contributed by atoms with van der Waals surface area (Å²) in [6.07, 6.45) is 1.58. The largest absolute Gasteiger partial charge is 0.480 e. The topological polar surface area (TPSA) is 69.6 Å². The summed E-state index contributed by atoms with van der Waals surface area (Å²) in [4.78, 5) is 23.9. The van der Waals surface area contributed by atoms with Crippen molar-refractivity contribution in [1.29, 1.82) is 0 Å². The number of amides is 1. The van der Waals surface area contributed by atoms with Gasteiger partial charge in [0.1, 0.15) is 0 Å². The van der Waals surface area contributed by atoms with Crippen molar-refractivity contribution < 1.29 is 27.9 Å². The number of nitrogens with zero attached hydrogens (tertiary/aromatic N) is 1. The minimum absolute atomic E-state index is 0.0154. The minimum Gasteiger partial charge on any atom is -0.480 e. The van der Waals surface area contributed by atoms with Crippen molar-refractivity contribution in [2.24, 2.45) is 0 Å². The average molecular weight is 302 g/mol. The molecule has 1 aromatic carbocycles. The number of hydrogen-bond donors (Lipinski definition) is 2. The standard InChI is InChI=1S/C13H13F3N2O3/c14-8-3-4-9(13(16)12(8)15)17-10(19)5-18(6-11(20)21)7-1-2-7/h3-4,7H,1-2,5-6H2,(H,17,19)(H,20,21). The van der Waals surface area contributed by atoms with Crippen LogP contribution in [-0.4, -0.2) is 41.0 Å². The summed E-state index contributed by atoms with van der Waals surface area (Å²) in [6, 6.07) is 1.62. The van der Waals surface area contributed by atoms with Gasteiger partial charge in [0.05, 0.1) is 18.8 Å². The highest BCUT2D eigenvalue weighted by molar-refractivity contribution is 5.92. The Hall–Kier alpha value is -2.09. The number of nitrogens with one attached hydrogen (secondary N) is 1. The fourth-order valence-electron chi connectivity index (χ4n) is 1.92. The van der Waals surface area contributed by atoms with E-state index >= 15 is 0 Å². The third-order valence-electron chi connectivity index (χ3n) is 3.06. The molecule has 0 atom stereocenters. The van der Waals surface area contributed by atoms with Crippen molar-refractivity contribution in [2.45, 2.75) is 18.9 Å². The molecule has 1 aromatic rings. The molecule has 114 valence electrons. The first-order valence-electron chi connectivity index (χ1n) is 6.27. The van der Waals surface area contributed by atoms with E-state index in [0.29, 0.717) is 6.07 Å². The summed E-state index contributed by atoms with van der Waals surface area (Å²) in [5, 5.41) is 10.9. The van der Waals surface area contributed by atoms with Crippen molar-refractivity contribution in [3.05, 3.63) is 29.6 Å². The lowest BCUT2D eigenvalue weighted by Crippen LogP contribution is -2.38. The first-order valence-corrected chi connectivity index (χ1v) is 6.27. The zero-order valence-corrected chi connectivity index (χ0v) is 10.9. The van der Waals surface area contributed by atoms with Crippen molar-refractivity contribution in [3.8, 4) is 0 Å². The molecule has 0 radical (unpaired) electrons. The van der Waals surface area contributed by atoms with Gasteiger partial charge in [-0.3, -0.25) is 14.5 Å². The van der Waals surface area contributed by atoms with Crippen molar-refractivity contribution in [2.75, 3.05) is 18.4 Å². The molecule has 1 amide bonds. The van der Waals surface area contributed by atoms with Gasteiger partial charge in [0, 0.05) is 6.04 Å². The molecule has 0 bridgehead atoms. The predicted octanol–water partition coefficient (Wildman–Crippen LogP) is 1.59. The second-order valence-electron chi connectivity index (χ2n) is 4.80. The summed E-state index contributed by atoms with van der Waals surface area (Å²) in [5.41, 5.74) is -0.482. The van der Waals surface area contributed by atoms with Crippen molar-refractivity contribution in [3.63, 3.8) is 0 Å². The van der Waals surface area contributed by atoms with Gasteiger partial charge in [-0.15, -0.1) is 0 Å². The maximum atomic E-state index is 13.4. The monoisotopic (exact) mass is 302 g/mol. The molecule has 0 spiro atoms. The highest BCUT2D eigenvalue weighted by Gasteiger charge is 2.31. The van der Waals surface area contributed by atoms with Crippen LogP contribution in [0.3, 0.4) is 0 Å². The van der Waals surface area contributed by atoms with E-state index in [-0.39, 0.29) is 19.1 Å². The van der Waals surface area contributed by atoms with Crippen molar-refractivity contribution in [1.82, 2.24) is 4.90 Å².